The summed E-state index contributed by atoms with van der Waals surface area (Å²) in [4.78, 5) is 26.6. The lowest BCUT2D eigenvalue weighted by molar-refractivity contribution is -0.116. The van der Waals surface area contributed by atoms with Crippen molar-refractivity contribution in [2.75, 3.05) is 26.0 Å². The number of hydrogen-bond acceptors (Lipinski definition) is 4. The van der Waals surface area contributed by atoms with Gasteiger partial charge in [0.05, 0.1) is 12.1 Å². The lowest BCUT2D eigenvalue weighted by atomic mass is 9.88. The standard InChI is InChI=1S/C14H21N3O2S/c1-8-4-5-9-10(6-8)20-14(12(9)13(15)19)16-11(18)7-17(2)3/h8H,4-7H2,1-3H3,(H2,15,19)(H,16,18)/t8-/m0/s1. The van der Waals surface area contributed by atoms with E-state index in [9.17, 15) is 9.59 Å². The molecule has 1 atom stereocenters. The second-order valence-corrected chi connectivity index (χ2v) is 6.81. The van der Waals surface area contributed by atoms with Crippen molar-refractivity contribution in [3.8, 4) is 0 Å². The summed E-state index contributed by atoms with van der Waals surface area (Å²) < 4.78 is 0. The summed E-state index contributed by atoms with van der Waals surface area (Å²) in [7, 11) is 3.66. The van der Waals surface area contributed by atoms with E-state index in [-0.39, 0.29) is 12.5 Å². The molecule has 0 saturated carbocycles. The van der Waals surface area contributed by atoms with Gasteiger partial charge in [0.2, 0.25) is 5.91 Å². The molecule has 1 heterocycles. The first kappa shape index (κ1) is 15.0. The van der Waals surface area contributed by atoms with Crippen LogP contribution in [0.1, 0.15) is 34.1 Å². The zero-order chi connectivity index (χ0) is 14.9. The third-order valence-electron chi connectivity index (χ3n) is 3.47. The summed E-state index contributed by atoms with van der Waals surface area (Å²) in [6, 6.07) is 0. The smallest absolute Gasteiger partial charge is 0.251 e. The van der Waals surface area contributed by atoms with E-state index in [1.807, 2.05) is 14.1 Å². The van der Waals surface area contributed by atoms with Crippen molar-refractivity contribution in [3.05, 3.63) is 16.0 Å². The molecule has 3 N–H and O–H groups in total. The van der Waals surface area contributed by atoms with Crippen molar-refractivity contribution < 1.29 is 9.59 Å². The van der Waals surface area contributed by atoms with Gasteiger partial charge in [0.25, 0.3) is 5.91 Å². The third kappa shape index (κ3) is 3.19. The lowest BCUT2D eigenvalue weighted by Crippen LogP contribution is -2.27. The number of amides is 2. The zero-order valence-corrected chi connectivity index (χ0v) is 13.0. The Bertz CT molecular complexity index is 537. The number of primary amides is 1. The van der Waals surface area contributed by atoms with Crippen LogP contribution >= 0.6 is 11.3 Å². The Morgan fingerprint density at radius 3 is 2.75 bits per heavy atom. The molecule has 1 aliphatic carbocycles. The number of nitrogens with zero attached hydrogens (tertiary/aromatic N) is 1. The molecule has 0 aliphatic heterocycles. The van der Waals surface area contributed by atoms with Gasteiger partial charge >= 0.3 is 0 Å². The van der Waals surface area contributed by atoms with Gasteiger partial charge in [-0.05, 0) is 44.8 Å². The number of fused-ring (bicyclic) bond motifs is 1. The molecule has 20 heavy (non-hydrogen) atoms. The zero-order valence-electron chi connectivity index (χ0n) is 12.2. The fourth-order valence-electron chi connectivity index (χ4n) is 2.55. The highest BCUT2D eigenvalue weighted by molar-refractivity contribution is 7.17. The predicted molar refractivity (Wildman–Crippen MR) is 81.2 cm³/mol. The second-order valence-electron chi connectivity index (χ2n) is 5.71. The Labute approximate surface area is 123 Å². The number of anilines is 1. The Morgan fingerprint density at radius 2 is 2.15 bits per heavy atom. The fraction of sp³-hybridized carbons (Fsp3) is 0.571. The Morgan fingerprint density at radius 1 is 1.45 bits per heavy atom. The first-order valence-electron chi connectivity index (χ1n) is 6.77. The molecule has 0 saturated heterocycles. The maximum absolute atomic E-state index is 11.9. The first-order valence-corrected chi connectivity index (χ1v) is 7.59. The highest BCUT2D eigenvalue weighted by Crippen LogP contribution is 2.39. The molecule has 1 aliphatic rings. The average molecular weight is 295 g/mol. The molecule has 0 radical (unpaired) electrons. The third-order valence-corrected chi connectivity index (χ3v) is 4.64. The molecular formula is C14H21N3O2S. The van der Waals surface area contributed by atoms with Crippen molar-refractivity contribution >= 4 is 28.2 Å². The summed E-state index contributed by atoms with van der Waals surface area (Å²) in [6.07, 6.45) is 2.90. The number of nitrogens with two attached hydrogens (primary N) is 1. The molecule has 110 valence electrons. The van der Waals surface area contributed by atoms with Crippen LogP contribution in [-0.2, 0) is 17.6 Å². The molecule has 0 fully saturated rings. The van der Waals surface area contributed by atoms with Gasteiger partial charge < -0.3 is 16.0 Å². The summed E-state index contributed by atoms with van der Waals surface area (Å²) >= 11 is 1.50. The van der Waals surface area contributed by atoms with Gasteiger partial charge in [-0.15, -0.1) is 11.3 Å². The summed E-state index contributed by atoms with van der Waals surface area (Å²) in [6.45, 7) is 2.49. The van der Waals surface area contributed by atoms with Gasteiger partial charge in [-0.3, -0.25) is 9.59 Å². The monoisotopic (exact) mass is 295 g/mol. The summed E-state index contributed by atoms with van der Waals surface area (Å²) in [5.41, 5.74) is 7.06. The molecule has 0 bridgehead atoms. The molecule has 1 aromatic heterocycles. The van der Waals surface area contributed by atoms with E-state index in [2.05, 4.69) is 12.2 Å². The number of rotatable bonds is 4. The van der Waals surface area contributed by atoms with E-state index in [0.29, 0.717) is 16.5 Å². The highest BCUT2D eigenvalue weighted by atomic mass is 32.1. The number of thiophene rings is 1. The Balaban J connectivity index is 2.28. The highest BCUT2D eigenvalue weighted by Gasteiger charge is 2.27. The van der Waals surface area contributed by atoms with Gasteiger partial charge in [0.1, 0.15) is 5.00 Å². The van der Waals surface area contributed by atoms with Crippen molar-refractivity contribution in [1.29, 1.82) is 0 Å². The van der Waals surface area contributed by atoms with Crippen LogP contribution in [-0.4, -0.2) is 37.4 Å². The van der Waals surface area contributed by atoms with E-state index in [1.165, 1.54) is 16.2 Å². The van der Waals surface area contributed by atoms with Crippen LogP contribution in [0, 0.1) is 5.92 Å². The van der Waals surface area contributed by atoms with E-state index < -0.39 is 5.91 Å². The molecule has 0 spiro atoms. The lowest BCUT2D eigenvalue weighted by Gasteiger charge is -2.18. The van der Waals surface area contributed by atoms with E-state index in [0.717, 1.165) is 24.8 Å². The topological polar surface area (TPSA) is 75.4 Å². The molecule has 2 rings (SSSR count). The van der Waals surface area contributed by atoms with Crippen molar-refractivity contribution in [2.45, 2.75) is 26.2 Å². The van der Waals surface area contributed by atoms with Gasteiger partial charge in [0, 0.05) is 4.88 Å². The minimum atomic E-state index is -0.447. The van der Waals surface area contributed by atoms with Crippen LogP contribution in [0.2, 0.25) is 0 Å². The van der Waals surface area contributed by atoms with Gasteiger partial charge in [-0.1, -0.05) is 6.92 Å². The van der Waals surface area contributed by atoms with Crippen LogP contribution in [0.4, 0.5) is 5.00 Å². The molecule has 6 heteroatoms. The van der Waals surface area contributed by atoms with Crippen molar-refractivity contribution in [3.63, 3.8) is 0 Å². The quantitative estimate of drug-likeness (QED) is 0.883. The maximum Gasteiger partial charge on any atom is 0.251 e. The number of hydrogen-bond donors (Lipinski definition) is 2. The van der Waals surface area contributed by atoms with Crippen LogP contribution < -0.4 is 11.1 Å². The predicted octanol–water partition coefficient (Wildman–Crippen LogP) is 1.47. The molecule has 5 nitrogen and oxygen atoms in total. The van der Waals surface area contributed by atoms with Crippen molar-refractivity contribution in [1.82, 2.24) is 4.90 Å². The SMILES string of the molecule is C[C@H]1CCc2c(sc(NC(=O)CN(C)C)c2C(N)=O)C1. The Kier molecular flexibility index (Phi) is 4.45. The summed E-state index contributed by atoms with van der Waals surface area (Å²) in [5.74, 6) is 0.0496. The average Bonchev–Trinajstić information content (AvgIpc) is 2.64. The number of carbonyl (C=O) groups is 2. The normalized spacial score (nSPS) is 17.9. The van der Waals surface area contributed by atoms with Gasteiger partial charge in [-0.2, -0.15) is 0 Å². The van der Waals surface area contributed by atoms with E-state index >= 15 is 0 Å². The van der Waals surface area contributed by atoms with Gasteiger partial charge in [0.15, 0.2) is 0 Å². The Hall–Kier alpha value is -1.40. The van der Waals surface area contributed by atoms with Crippen LogP contribution in [0.5, 0.6) is 0 Å². The molecular weight excluding hydrogens is 274 g/mol. The minimum absolute atomic E-state index is 0.121. The van der Waals surface area contributed by atoms with Gasteiger partial charge in [-0.25, -0.2) is 0 Å². The number of likely N-dealkylation sites (N-methyl/N-ethyl adjacent to an activating group) is 1. The van der Waals surface area contributed by atoms with Crippen LogP contribution in [0.3, 0.4) is 0 Å². The molecule has 0 aromatic carbocycles. The first-order chi connectivity index (χ1) is 9.38. The molecule has 2 amide bonds. The molecule has 0 unspecified atom stereocenters. The number of carbonyl (C=O) groups excluding carboxylic acids is 2. The fourth-order valence-corrected chi connectivity index (χ4v) is 3.99. The minimum Gasteiger partial charge on any atom is -0.365 e. The van der Waals surface area contributed by atoms with E-state index in [1.54, 1.807) is 4.90 Å². The summed E-state index contributed by atoms with van der Waals surface area (Å²) in [5, 5.41) is 3.45. The maximum atomic E-state index is 11.9. The van der Waals surface area contributed by atoms with Crippen LogP contribution in [0.25, 0.3) is 0 Å². The number of nitrogens with one attached hydrogen (secondary N) is 1. The van der Waals surface area contributed by atoms with E-state index in [4.69, 9.17) is 5.73 Å². The van der Waals surface area contributed by atoms with Crippen LogP contribution in [0.15, 0.2) is 0 Å². The second kappa shape index (κ2) is 5.93. The largest absolute Gasteiger partial charge is 0.365 e. The van der Waals surface area contributed by atoms with Crippen molar-refractivity contribution in [2.24, 2.45) is 11.7 Å². The molecule has 1 aromatic rings.